The molecule has 5 heteroatoms. The molecule has 5 nitrogen and oxygen atoms in total. The van der Waals surface area contributed by atoms with Crippen molar-refractivity contribution < 1.29 is 9.47 Å². The molecule has 0 aromatic heterocycles. The van der Waals surface area contributed by atoms with E-state index in [0.29, 0.717) is 6.79 Å². The third kappa shape index (κ3) is 3.47. The molecule has 1 saturated carbocycles. The van der Waals surface area contributed by atoms with Crippen LogP contribution in [0.25, 0.3) is 0 Å². The van der Waals surface area contributed by atoms with E-state index in [9.17, 15) is 0 Å². The Bertz CT molecular complexity index is 811. The minimum Gasteiger partial charge on any atom is -0.454 e. The van der Waals surface area contributed by atoms with E-state index in [1.165, 1.54) is 29.5 Å². The average Bonchev–Trinajstić information content (AvgIpc) is 3.31. The summed E-state index contributed by atoms with van der Waals surface area (Å²) in [5.41, 5.74) is 4.00. The van der Waals surface area contributed by atoms with Gasteiger partial charge in [-0.1, -0.05) is 35.9 Å². The standard InChI is InChI=1S/C21H25N3O2/c1-15-3-5-16(6-4-15)12-23-20(22-2)24-13-21(9-10-21)17-7-8-18-19(11-17)26-14-25-18/h3-8,11H,9-10,12-14H2,1-2H3,(H2,22,23,24). The zero-order valence-corrected chi connectivity index (χ0v) is 15.3. The Hall–Kier alpha value is -2.69. The molecule has 1 heterocycles. The molecule has 1 aliphatic carbocycles. The first-order valence-electron chi connectivity index (χ1n) is 9.09. The lowest BCUT2D eigenvalue weighted by atomic mass is 9.95. The maximum absolute atomic E-state index is 5.53. The predicted octanol–water partition coefficient (Wildman–Crippen LogP) is 3.12. The number of fused-ring (bicyclic) bond motifs is 1. The van der Waals surface area contributed by atoms with Crippen LogP contribution in [0.15, 0.2) is 47.5 Å². The zero-order chi connectivity index (χ0) is 18.0. The third-order valence-electron chi connectivity index (χ3n) is 5.24. The van der Waals surface area contributed by atoms with E-state index in [1.807, 2.05) is 13.1 Å². The Labute approximate surface area is 154 Å². The molecule has 2 N–H and O–H groups in total. The van der Waals surface area contributed by atoms with Crippen LogP contribution in [0.2, 0.25) is 0 Å². The van der Waals surface area contributed by atoms with E-state index in [2.05, 4.69) is 58.9 Å². The Kier molecular flexibility index (Phi) is 4.45. The molecule has 0 saturated heterocycles. The lowest BCUT2D eigenvalue weighted by molar-refractivity contribution is 0.174. The molecule has 0 spiro atoms. The number of ether oxygens (including phenoxy) is 2. The summed E-state index contributed by atoms with van der Waals surface area (Å²) in [7, 11) is 1.81. The normalized spacial score (nSPS) is 17.1. The first-order chi connectivity index (χ1) is 12.7. The first kappa shape index (κ1) is 16.8. The second kappa shape index (κ2) is 6.90. The van der Waals surface area contributed by atoms with Gasteiger partial charge in [-0.15, -0.1) is 0 Å². The molecule has 0 radical (unpaired) electrons. The van der Waals surface area contributed by atoms with Gasteiger partial charge in [0.2, 0.25) is 6.79 Å². The number of nitrogens with zero attached hydrogens (tertiary/aromatic N) is 1. The fraction of sp³-hybridized carbons (Fsp3) is 0.381. The Morgan fingerprint density at radius 3 is 2.54 bits per heavy atom. The Balaban J connectivity index is 1.35. The second-order valence-corrected chi connectivity index (χ2v) is 7.11. The number of benzene rings is 2. The number of hydrogen-bond donors (Lipinski definition) is 2. The highest BCUT2D eigenvalue weighted by Gasteiger charge is 2.44. The molecule has 1 aliphatic heterocycles. The van der Waals surface area contributed by atoms with Gasteiger partial charge in [-0.25, -0.2) is 0 Å². The average molecular weight is 351 g/mol. The molecule has 0 atom stereocenters. The maximum atomic E-state index is 5.53. The van der Waals surface area contributed by atoms with E-state index in [1.54, 1.807) is 0 Å². The monoisotopic (exact) mass is 351 g/mol. The van der Waals surface area contributed by atoms with Gasteiger partial charge < -0.3 is 20.1 Å². The molecule has 1 fully saturated rings. The summed E-state index contributed by atoms with van der Waals surface area (Å²) < 4.78 is 10.9. The van der Waals surface area contributed by atoms with Crippen LogP contribution in [0.5, 0.6) is 11.5 Å². The van der Waals surface area contributed by atoms with Crippen molar-refractivity contribution in [1.29, 1.82) is 0 Å². The predicted molar refractivity (Wildman–Crippen MR) is 103 cm³/mol. The van der Waals surface area contributed by atoms with E-state index < -0.39 is 0 Å². The van der Waals surface area contributed by atoms with E-state index in [0.717, 1.165) is 30.5 Å². The molecule has 0 amide bonds. The number of aliphatic imine (C=N–C) groups is 1. The number of guanidine groups is 1. The Morgan fingerprint density at radius 2 is 1.81 bits per heavy atom. The highest BCUT2D eigenvalue weighted by atomic mass is 16.7. The lowest BCUT2D eigenvalue weighted by Gasteiger charge is -2.19. The quantitative estimate of drug-likeness (QED) is 0.642. The van der Waals surface area contributed by atoms with Crippen molar-refractivity contribution in [3.63, 3.8) is 0 Å². The summed E-state index contributed by atoms with van der Waals surface area (Å²) in [6, 6.07) is 14.8. The van der Waals surface area contributed by atoms with Crippen molar-refractivity contribution in [3.8, 4) is 11.5 Å². The summed E-state index contributed by atoms with van der Waals surface area (Å²) in [6.45, 7) is 4.04. The van der Waals surface area contributed by atoms with E-state index in [-0.39, 0.29) is 5.41 Å². The summed E-state index contributed by atoms with van der Waals surface area (Å²) in [5, 5.41) is 6.88. The molecular weight excluding hydrogens is 326 g/mol. The lowest BCUT2D eigenvalue weighted by Crippen LogP contribution is -2.40. The van der Waals surface area contributed by atoms with Crippen LogP contribution in [-0.4, -0.2) is 26.3 Å². The summed E-state index contributed by atoms with van der Waals surface area (Å²) >= 11 is 0. The Morgan fingerprint density at radius 1 is 1.04 bits per heavy atom. The fourth-order valence-corrected chi connectivity index (χ4v) is 3.31. The van der Waals surface area contributed by atoms with Crippen LogP contribution < -0.4 is 20.1 Å². The van der Waals surface area contributed by atoms with Crippen LogP contribution in [0, 0.1) is 6.92 Å². The van der Waals surface area contributed by atoms with Crippen molar-refractivity contribution >= 4 is 5.96 Å². The highest BCUT2D eigenvalue weighted by molar-refractivity contribution is 5.79. The van der Waals surface area contributed by atoms with Crippen LogP contribution in [0.3, 0.4) is 0 Å². The topological polar surface area (TPSA) is 54.9 Å². The van der Waals surface area contributed by atoms with Crippen molar-refractivity contribution in [1.82, 2.24) is 10.6 Å². The molecule has 26 heavy (non-hydrogen) atoms. The summed E-state index contributed by atoms with van der Waals surface area (Å²) in [5.74, 6) is 2.53. The van der Waals surface area contributed by atoms with Crippen molar-refractivity contribution in [2.24, 2.45) is 4.99 Å². The van der Waals surface area contributed by atoms with Crippen LogP contribution >= 0.6 is 0 Å². The molecule has 0 bridgehead atoms. The van der Waals surface area contributed by atoms with Gasteiger partial charge >= 0.3 is 0 Å². The third-order valence-corrected chi connectivity index (χ3v) is 5.24. The fourth-order valence-electron chi connectivity index (χ4n) is 3.31. The summed E-state index contributed by atoms with van der Waals surface area (Å²) in [6.07, 6.45) is 2.35. The molecule has 2 aromatic rings. The number of rotatable bonds is 5. The first-order valence-corrected chi connectivity index (χ1v) is 9.09. The molecule has 0 unspecified atom stereocenters. The number of hydrogen-bond acceptors (Lipinski definition) is 3. The van der Waals surface area contributed by atoms with Crippen LogP contribution in [0.1, 0.15) is 29.5 Å². The second-order valence-electron chi connectivity index (χ2n) is 7.11. The molecule has 136 valence electrons. The van der Waals surface area contributed by atoms with Gasteiger partial charge in [0.25, 0.3) is 0 Å². The van der Waals surface area contributed by atoms with Crippen molar-refractivity contribution in [2.75, 3.05) is 20.4 Å². The van der Waals surface area contributed by atoms with Gasteiger partial charge in [-0.2, -0.15) is 0 Å². The van der Waals surface area contributed by atoms with E-state index >= 15 is 0 Å². The highest BCUT2D eigenvalue weighted by Crippen LogP contribution is 2.49. The molecule has 2 aromatic carbocycles. The van der Waals surface area contributed by atoms with Crippen LogP contribution in [-0.2, 0) is 12.0 Å². The summed E-state index contributed by atoms with van der Waals surface area (Å²) in [4.78, 5) is 4.35. The molecular formula is C21H25N3O2. The van der Waals surface area contributed by atoms with Gasteiger partial charge in [0.05, 0.1) is 0 Å². The van der Waals surface area contributed by atoms with Crippen LogP contribution in [0.4, 0.5) is 0 Å². The smallest absolute Gasteiger partial charge is 0.231 e. The van der Waals surface area contributed by atoms with Gasteiger partial charge in [0.1, 0.15) is 0 Å². The molecule has 4 rings (SSSR count). The maximum Gasteiger partial charge on any atom is 0.231 e. The zero-order valence-electron chi connectivity index (χ0n) is 15.3. The minimum atomic E-state index is 0.169. The van der Waals surface area contributed by atoms with Gasteiger partial charge in [0, 0.05) is 25.6 Å². The van der Waals surface area contributed by atoms with Crippen molar-refractivity contribution in [3.05, 3.63) is 59.2 Å². The molecule has 2 aliphatic rings. The van der Waals surface area contributed by atoms with E-state index in [4.69, 9.17) is 9.47 Å². The SMILES string of the molecule is CN=C(NCc1ccc(C)cc1)NCC1(c2ccc3c(c2)OCO3)CC1. The van der Waals surface area contributed by atoms with Gasteiger partial charge in [0.15, 0.2) is 17.5 Å². The number of nitrogens with one attached hydrogen (secondary N) is 2. The number of aryl methyl sites for hydroxylation is 1. The van der Waals surface area contributed by atoms with Gasteiger partial charge in [-0.3, -0.25) is 4.99 Å². The van der Waals surface area contributed by atoms with Gasteiger partial charge in [-0.05, 0) is 43.0 Å². The largest absolute Gasteiger partial charge is 0.454 e. The van der Waals surface area contributed by atoms with Crippen molar-refractivity contribution in [2.45, 2.75) is 31.7 Å². The minimum absolute atomic E-state index is 0.169.